The summed E-state index contributed by atoms with van der Waals surface area (Å²) in [6.45, 7) is 1.49. The monoisotopic (exact) mass is 455 g/mol. The number of sulfonamides is 1. The number of ketones is 1. The minimum atomic E-state index is -3.79. The number of thiocarbonyl (C=S) groups is 1. The summed E-state index contributed by atoms with van der Waals surface area (Å²) in [6, 6.07) is 19.9. The van der Waals surface area contributed by atoms with E-state index in [4.69, 9.17) is 17.0 Å². The number of Topliss-reactive ketones (excluding diaryl/α,β-unsaturated/α-hetero) is 1. The predicted octanol–water partition coefficient (Wildman–Crippen LogP) is 4.51. The predicted molar refractivity (Wildman–Crippen MR) is 127 cm³/mol. The third kappa shape index (κ3) is 5.80. The van der Waals surface area contributed by atoms with Gasteiger partial charge in [-0.05, 0) is 67.7 Å². The summed E-state index contributed by atoms with van der Waals surface area (Å²) in [5.74, 6) is 0.385. The molecule has 9 heteroatoms. The number of carbonyl (C=O) groups is 1. The molecule has 0 unspecified atom stereocenters. The third-order valence-corrected chi connectivity index (χ3v) is 5.89. The van der Waals surface area contributed by atoms with Gasteiger partial charge in [-0.3, -0.25) is 9.52 Å². The van der Waals surface area contributed by atoms with Gasteiger partial charge in [0.25, 0.3) is 10.0 Å². The highest BCUT2D eigenvalue weighted by Gasteiger charge is 2.16. The molecule has 0 atom stereocenters. The summed E-state index contributed by atoms with van der Waals surface area (Å²) < 4.78 is 33.1. The minimum Gasteiger partial charge on any atom is -0.495 e. The molecule has 3 N–H and O–H groups in total. The van der Waals surface area contributed by atoms with Gasteiger partial charge in [0.2, 0.25) is 0 Å². The van der Waals surface area contributed by atoms with Crippen LogP contribution in [0.3, 0.4) is 0 Å². The van der Waals surface area contributed by atoms with Crippen molar-refractivity contribution in [1.29, 1.82) is 0 Å². The summed E-state index contributed by atoms with van der Waals surface area (Å²) in [4.78, 5) is 11.6. The Balaban J connectivity index is 1.67. The molecule has 0 amide bonds. The van der Waals surface area contributed by atoms with Crippen LogP contribution in [0.2, 0.25) is 0 Å². The Kier molecular flexibility index (Phi) is 6.88. The summed E-state index contributed by atoms with van der Waals surface area (Å²) in [6.07, 6.45) is 0. The Labute approximate surface area is 186 Å². The van der Waals surface area contributed by atoms with Crippen molar-refractivity contribution in [2.45, 2.75) is 11.8 Å². The second-order valence-corrected chi connectivity index (χ2v) is 8.64. The van der Waals surface area contributed by atoms with Crippen LogP contribution in [0.15, 0.2) is 77.7 Å². The molecular weight excluding hydrogens is 434 g/mol. The Hall–Kier alpha value is -3.43. The molecule has 31 heavy (non-hydrogen) atoms. The Morgan fingerprint density at radius 3 is 2.26 bits per heavy atom. The van der Waals surface area contributed by atoms with Gasteiger partial charge in [-0.25, -0.2) is 8.42 Å². The maximum absolute atomic E-state index is 12.7. The van der Waals surface area contributed by atoms with Crippen molar-refractivity contribution >= 4 is 50.2 Å². The van der Waals surface area contributed by atoms with Crippen LogP contribution in [0.5, 0.6) is 5.75 Å². The van der Waals surface area contributed by atoms with E-state index in [2.05, 4.69) is 15.4 Å². The molecule has 0 radical (unpaired) electrons. The van der Waals surface area contributed by atoms with Crippen LogP contribution >= 0.6 is 12.2 Å². The molecule has 7 nitrogen and oxygen atoms in total. The average molecular weight is 456 g/mol. The number of rotatable bonds is 7. The molecule has 0 saturated carbocycles. The molecule has 0 heterocycles. The highest BCUT2D eigenvalue weighted by atomic mass is 32.2. The Morgan fingerprint density at radius 1 is 0.903 bits per heavy atom. The van der Waals surface area contributed by atoms with Gasteiger partial charge in [0.05, 0.1) is 17.7 Å². The van der Waals surface area contributed by atoms with Gasteiger partial charge in [0.1, 0.15) is 5.75 Å². The molecule has 3 aromatic carbocycles. The molecule has 3 rings (SSSR count). The van der Waals surface area contributed by atoms with Gasteiger partial charge in [0, 0.05) is 16.9 Å². The quantitative estimate of drug-likeness (QED) is 0.356. The first kappa shape index (κ1) is 22.3. The molecule has 0 aliphatic heterocycles. The van der Waals surface area contributed by atoms with E-state index in [1.807, 2.05) is 0 Å². The lowest BCUT2D eigenvalue weighted by Gasteiger charge is -2.13. The van der Waals surface area contributed by atoms with E-state index >= 15 is 0 Å². The zero-order valence-electron chi connectivity index (χ0n) is 16.9. The summed E-state index contributed by atoms with van der Waals surface area (Å²) >= 11 is 5.30. The molecule has 0 aromatic heterocycles. The number of para-hydroxylation sites is 2. The average Bonchev–Trinajstić information content (AvgIpc) is 2.74. The molecule has 0 fully saturated rings. The standard InChI is InChI=1S/C22H21N3O4S2/c1-15(26)16-6-5-7-18(14-16)24-22(30)23-17-10-12-19(13-11-17)31(27,28)25-20-8-3-4-9-21(20)29-2/h3-14,25H,1-2H3,(H2,23,24,30). The number of hydrogen-bond acceptors (Lipinski definition) is 5. The van der Waals surface area contributed by atoms with Crippen LogP contribution < -0.4 is 20.1 Å². The van der Waals surface area contributed by atoms with Crippen molar-refractivity contribution in [3.8, 4) is 5.75 Å². The van der Waals surface area contributed by atoms with E-state index in [-0.39, 0.29) is 10.7 Å². The van der Waals surface area contributed by atoms with E-state index < -0.39 is 10.0 Å². The van der Waals surface area contributed by atoms with Crippen LogP contribution in [0.1, 0.15) is 17.3 Å². The number of hydrogen-bond donors (Lipinski definition) is 3. The summed E-state index contributed by atoms with van der Waals surface area (Å²) in [5.41, 5.74) is 2.21. The molecule has 0 aliphatic carbocycles. The molecule has 0 bridgehead atoms. The third-order valence-electron chi connectivity index (χ3n) is 4.30. The van der Waals surface area contributed by atoms with Crippen molar-refractivity contribution in [2.24, 2.45) is 0 Å². The Morgan fingerprint density at radius 2 is 1.58 bits per heavy atom. The van der Waals surface area contributed by atoms with Crippen molar-refractivity contribution in [3.05, 3.63) is 78.4 Å². The first-order valence-corrected chi connectivity index (χ1v) is 11.1. The lowest BCUT2D eigenvalue weighted by atomic mass is 10.1. The number of nitrogens with one attached hydrogen (secondary N) is 3. The molecule has 0 aliphatic rings. The van der Waals surface area contributed by atoms with Crippen molar-refractivity contribution in [1.82, 2.24) is 0 Å². The van der Waals surface area contributed by atoms with Gasteiger partial charge in [-0.15, -0.1) is 0 Å². The SMILES string of the molecule is COc1ccccc1NS(=O)(=O)c1ccc(NC(=S)Nc2cccc(C(C)=O)c2)cc1. The zero-order chi connectivity index (χ0) is 22.4. The largest absolute Gasteiger partial charge is 0.495 e. The van der Waals surface area contributed by atoms with E-state index in [9.17, 15) is 13.2 Å². The first-order valence-electron chi connectivity index (χ1n) is 9.23. The second kappa shape index (κ2) is 9.59. The van der Waals surface area contributed by atoms with Crippen LogP contribution in [-0.2, 0) is 10.0 Å². The van der Waals surface area contributed by atoms with Crippen LogP contribution in [0.4, 0.5) is 17.1 Å². The maximum atomic E-state index is 12.7. The van der Waals surface area contributed by atoms with Crippen molar-refractivity contribution < 1.29 is 17.9 Å². The van der Waals surface area contributed by atoms with E-state index in [1.165, 1.54) is 26.2 Å². The molecule has 0 spiro atoms. The molecule has 0 saturated heterocycles. The maximum Gasteiger partial charge on any atom is 0.262 e. The molecule has 160 valence electrons. The van der Waals surface area contributed by atoms with Crippen LogP contribution in [0, 0.1) is 0 Å². The van der Waals surface area contributed by atoms with Crippen molar-refractivity contribution in [2.75, 3.05) is 22.5 Å². The highest BCUT2D eigenvalue weighted by molar-refractivity contribution is 7.92. The summed E-state index contributed by atoms with van der Waals surface area (Å²) in [5, 5.41) is 6.29. The van der Waals surface area contributed by atoms with E-state index in [0.29, 0.717) is 33.5 Å². The fourth-order valence-electron chi connectivity index (χ4n) is 2.76. The molecular formula is C22H21N3O4S2. The number of benzene rings is 3. The number of carbonyl (C=O) groups excluding carboxylic acids is 1. The van der Waals surface area contributed by atoms with Crippen LogP contribution in [0.25, 0.3) is 0 Å². The first-order chi connectivity index (χ1) is 14.8. The lowest BCUT2D eigenvalue weighted by Crippen LogP contribution is -2.19. The second-order valence-electron chi connectivity index (χ2n) is 6.55. The number of methoxy groups -OCH3 is 1. The molecule has 3 aromatic rings. The fraction of sp³-hybridized carbons (Fsp3) is 0.0909. The van der Waals surface area contributed by atoms with Crippen molar-refractivity contribution in [3.63, 3.8) is 0 Å². The fourth-order valence-corrected chi connectivity index (χ4v) is 4.07. The van der Waals surface area contributed by atoms with E-state index in [1.54, 1.807) is 60.7 Å². The number of ether oxygens (including phenoxy) is 1. The van der Waals surface area contributed by atoms with Gasteiger partial charge in [0.15, 0.2) is 10.9 Å². The van der Waals surface area contributed by atoms with Gasteiger partial charge in [-0.2, -0.15) is 0 Å². The van der Waals surface area contributed by atoms with Gasteiger partial charge >= 0.3 is 0 Å². The lowest BCUT2D eigenvalue weighted by molar-refractivity contribution is 0.101. The minimum absolute atomic E-state index is 0.0407. The zero-order valence-corrected chi connectivity index (χ0v) is 18.5. The Bertz CT molecular complexity index is 1210. The highest BCUT2D eigenvalue weighted by Crippen LogP contribution is 2.26. The van der Waals surface area contributed by atoms with Gasteiger partial charge < -0.3 is 15.4 Å². The smallest absolute Gasteiger partial charge is 0.262 e. The van der Waals surface area contributed by atoms with Crippen LogP contribution in [-0.4, -0.2) is 26.4 Å². The number of anilines is 3. The topological polar surface area (TPSA) is 96.5 Å². The summed E-state index contributed by atoms with van der Waals surface area (Å²) in [7, 11) is -2.32. The van der Waals surface area contributed by atoms with E-state index in [0.717, 1.165) is 0 Å². The van der Waals surface area contributed by atoms with Gasteiger partial charge in [-0.1, -0.05) is 24.3 Å². The normalized spacial score (nSPS) is 10.8.